The average Bonchev–Trinajstić information content (AvgIpc) is 2.49. The smallest absolute Gasteiger partial charge is 0.343 e. The summed E-state index contributed by atoms with van der Waals surface area (Å²) in [5, 5.41) is 12.8. The summed E-state index contributed by atoms with van der Waals surface area (Å²) in [6.45, 7) is 2.45. The lowest BCUT2D eigenvalue weighted by Crippen LogP contribution is -2.14. The number of aromatic hydroxyl groups is 1. The Kier molecular flexibility index (Phi) is 5.55. The number of halogens is 1. The highest BCUT2D eigenvalue weighted by Gasteiger charge is 2.15. The summed E-state index contributed by atoms with van der Waals surface area (Å²) in [6, 6.07) is 7.06. The van der Waals surface area contributed by atoms with E-state index in [9.17, 15) is 9.90 Å². The van der Waals surface area contributed by atoms with E-state index in [-0.39, 0.29) is 23.2 Å². The average molecular weight is 322 g/mol. The lowest BCUT2D eigenvalue weighted by atomic mass is 10.1. The van der Waals surface area contributed by atoms with Gasteiger partial charge in [0.25, 0.3) is 0 Å². The number of carbonyl (C=O) groups is 1. The van der Waals surface area contributed by atoms with Crippen molar-refractivity contribution in [3.05, 3.63) is 46.9 Å². The predicted molar refractivity (Wildman–Crippen MR) is 83.3 cm³/mol. The minimum Gasteiger partial charge on any atom is -0.508 e. The van der Waals surface area contributed by atoms with Crippen LogP contribution >= 0.6 is 11.6 Å². The van der Waals surface area contributed by atoms with Crippen molar-refractivity contribution < 1.29 is 14.6 Å². The molecule has 0 aliphatic heterocycles. The van der Waals surface area contributed by atoms with E-state index in [0.717, 1.165) is 5.56 Å². The molecule has 0 radical (unpaired) electrons. The van der Waals surface area contributed by atoms with E-state index in [1.54, 1.807) is 19.1 Å². The van der Waals surface area contributed by atoms with Crippen LogP contribution in [0.15, 0.2) is 30.5 Å². The Morgan fingerprint density at radius 1 is 1.41 bits per heavy atom. The number of nitrogens with one attached hydrogen (secondary N) is 1. The number of aromatic nitrogens is 2. The number of ether oxygens (including phenoxy) is 1. The first-order chi connectivity index (χ1) is 10.6. The van der Waals surface area contributed by atoms with Crippen LogP contribution in [0.1, 0.15) is 22.8 Å². The second kappa shape index (κ2) is 7.61. The topological polar surface area (TPSA) is 84.3 Å². The van der Waals surface area contributed by atoms with Crippen molar-refractivity contribution in [2.24, 2.45) is 0 Å². The number of phenolic OH excluding ortho intramolecular Hbond substituents is 1. The van der Waals surface area contributed by atoms with E-state index >= 15 is 0 Å². The second-order valence-electron chi connectivity index (χ2n) is 4.43. The standard InChI is InChI=1S/C15H16ClN3O3/c1-2-22-14(21)11-9-18-15(16)19-13(11)17-8-7-10-5-3-4-6-12(10)20/h3-6,9,20H,2,7-8H2,1H3,(H,17,18,19). The monoisotopic (exact) mass is 321 g/mol. The van der Waals surface area contributed by atoms with Crippen LogP contribution in [-0.4, -0.2) is 34.2 Å². The van der Waals surface area contributed by atoms with Crippen LogP contribution < -0.4 is 5.32 Å². The molecule has 0 atom stereocenters. The Morgan fingerprint density at radius 2 is 2.18 bits per heavy atom. The van der Waals surface area contributed by atoms with Gasteiger partial charge in [-0.25, -0.2) is 9.78 Å². The van der Waals surface area contributed by atoms with Gasteiger partial charge in [-0.1, -0.05) is 18.2 Å². The Balaban J connectivity index is 2.07. The molecule has 7 heteroatoms. The summed E-state index contributed by atoms with van der Waals surface area (Å²) in [5.41, 5.74) is 1.02. The van der Waals surface area contributed by atoms with Crippen LogP contribution in [-0.2, 0) is 11.2 Å². The van der Waals surface area contributed by atoms with Gasteiger partial charge in [-0.2, -0.15) is 4.98 Å². The quantitative estimate of drug-likeness (QED) is 0.628. The van der Waals surface area contributed by atoms with Crippen LogP contribution in [0.3, 0.4) is 0 Å². The predicted octanol–water partition coefficient (Wildman–Crippen LogP) is 2.67. The number of hydrogen-bond donors (Lipinski definition) is 2. The number of nitrogens with zero attached hydrogens (tertiary/aromatic N) is 2. The molecule has 0 amide bonds. The Labute approximate surface area is 133 Å². The summed E-state index contributed by atoms with van der Waals surface area (Å²) < 4.78 is 4.95. The Bertz CT molecular complexity index is 664. The third kappa shape index (κ3) is 4.08. The van der Waals surface area contributed by atoms with E-state index in [1.807, 2.05) is 12.1 Å². The molecule has 0 fully saturated rings. The highest BCUT2D eigenvalue weighted by Crippen LogP contribution is 2.18. The molecular weight excluding hydrogens is 306 g/mol. The molecular formula is C15H16ClN3O3. The van der Waals surface area contributed by atoms with Gasteiger partial charge in [0.2, 0.25) is 5.28 Å². The van der Waals surface area contributed by atoms with Crippen molar-refractivity contribution in [1.82, 2.24) is 9.97 Å². The fourth-order valence-corrected chi connectivity index (χ4v) is 2.02. The van der Waals surface area contributed by atoms with Gasteiger partial charge in [-0.3, -0.25) is 0 Å². The molecule has 2 aromatic rings. The Morgan fingerprint density at radius 3 is 2.91 bits per heavy atom. The van der Waals surface area contributed by atoms with Crippen molar-refractivity contribution in [2.45, 2.75) is 13.3 Å². The molecule has 0 unspecified atom stereocenters. The van der Waals surface area contributed by atoms with Crippen molar-refractivity contribution >= 4 is 23.4 Å². The fourth-order valence-electron chi connectivity index (χ4n) is 1.89. The number of hydrogen-bond acceptors (Lipinski definition) is 6. The third-order valence-corrected chi connectivity index (χ3v) is 3.12. The van der Waals surface area contributed by atoms with E-state index in [0.29, 0.717) is 18.8 Å². The van der Waals surface area contributed by atoms with Gasteiger partial charge < -0.3 is 15.2 Å². The zero-order chi connectivity index (χ0) is 15.9. The summed E-state index contributed by atoms with van der Waals surface area (Å²) in [7, 11) is 0. The van der Waals surface area contributed by atoms with Gasteiger partial charge in [0.05, 0.1) is 6.61 Å². The van der Waals surface area contributed by atoms with Gasteiger partial charge in [-0.05, 0) is 36.6 Å². The van der Waals surface area contributed by atoms with Crippen molar-refractivity contribution in [1.29, 1.82) is 0 Å². The van der Waals surface area contributed by atoms with Crippen LogP contribution in [0.5, 0.6) is 5.75 Å². The second-order valence-corrected chi connectivity index (χ2v) is 4.77. The Hall–Kier alpha value is -2.34. The number of benzene rings is 1. The maximum atomic E-state index is 11.8. The first-order valence-electron chi connectivity index (χ1n) is 6.82. The molecule has 1 heterocycles. The summed E-state index contributed by atoms with van der Waals surface area (Å²) in [6.07, 6.45) is 1.90. The summed E-state index contributed by atoms with van der Waals surface area (Å²) in [4.78, 5) is 19.6. The zero-order valence-corrected chi connectivity index (χ0v) is 12.8. The molecule has 0 bridgehead atoms. The molecule has 0 saturated heterocycles. The van der Waals surface area contributed by atoms with Gasteiger partial charge in [0, 0.05) is 12.7 Å². The lowest BCUT2D eigenvalue weighted by Gasteiger charge is -2.10. The summed E-state index contributed by atoms with van der Waals surface area (Å²) >= 11 is 5.77. The number of carbonyl (C=O) groups excluding carboxylic acids is 1. The van der Waals surface area contributed by atoms with Crippen LogP contribution in [0.25, 0.3) is 0 Å². The molecule has 22 heavy (non-hydrogen) atoms. The van der Waals surface area contributed by atoms with Gasteiger partial charge in [-0.15, -0.1) is 0 Å². The number of para-hydroxylation sites is 1. The molecule has 116 valence electrons. The highest BCUT2D eigenvalue weighted by atomic mass is 35.5. The minimum absolute atomic E-state index is 0.0399. The molecule has 0 aliphatic rings. The van der Waals surface area contributed by atoms with E-state index in [1.165, 1.54) is 6.20 Å². The largest absolute Gasteiger partial charge is 0.508 e. The van der Waals surface area contributed by atoms with Gasteiger partial charge in [0.15, 0.2) is 0 Å². The minimum atomic E-state index is -0.510. The first kappa shape index (κ1) is 16.0. The molecule has 2 N–H and O–H groups in total. The van der Waals surface area contributed by atoms with Crippen LogP contribution in [0.4, 0.5) is 5.82 Å². The maximum Gasteiger partial charge on any atom is 0.343 e. The highest BCUT2D eigenvalue weighted by molar-refractivity contribution is 6.28. The molecule has 1 aromatic carbocycles. The molecule has 0 saturated carbocycles. The lowest BCUT2D eigenvalue weighted by molar-refractivity contribution is 0.0526. The molecule has 2 rings (SSSR count). The van der Waals surface area contributed by atoms with Crippen molar-refractivity contribution in [3.63, 3.8) is 0 Å². The fraction of sp³-hybridized carbons (Fsp3) is 0.267. The molecule has 1 aromatic heterocycles. The van der Waals surface area contributed by atoms with E-state index in [2.05, 4.69) is 15.3 Å². The van der Waals surface area contributed by atoms with E-state index < -0.39 is 5.97 Å². The van der Waals surface area contributed by atoms with Gasteiger partial charge >= 0.3 is 5.97 Å². The van der Waals surface area contributed by atoms with Crippen LogP contribution in [0.2, 0.25) is 5.28 Å². The SMILES string of the molecule is CCOC(=O)c1cnc(Cl)nc1NCCc1ccccc1O. The van der Waals surface area contributed by atoms with Gasteiger partial charge in [0.1, 0.15) is 17.1 Å². The third-order valence-electron chi connectivity index (χ3n) is 2.93. The first-order valence-corrected chi connectivity index (χ1v) is 7.20. The van der Waals surface area contributed by atoms with Crippen molar-refractivity contribution in [3.8, 4) is 5.75 Å². The number of esters is 1. The van der Waals surface area contributed by atoms with E-state index in [4.69, 9.17) is 16.3 Å². The maximum absolute atomic E-state index is 11.8. The normalized spacial score (nSPS) is 10.3. The molecule has 0 spiro atoms. The van der Waals surface area contributed by atoms with Crippen molar-refractivity contribution in [2.75, 3.05) is 18.5 Å². The number of phenols is 1. The number of rotatable bonds is 6. The molecule has 0 aliphatic carbocycles. The number of anilines is 1. The van der Waals surface area contributed by atoms with Crippen LogP contribution in [0, 0.1) is 0 Å². The molecule has 6 nitrogen and oxygen atoms in total. The zero-order valence-electron chi connectivity index (χ0n) is 12.0. The summed E-state index contributed by atoms with van der Waals surface area (Å²) in [5.74, 6) is 0.0359.